The summed E-state index contributed by atoms with van der Waals surface area (Å²) in [5.74, 6) is 0.559. The summed E-state index contributed by atoms with van der Waals surface area (Å²) < 4.78 is 30.1. The van der Waals surface area contributed by atoms with Crippen LogP contribution in [0.1, 0.15) is 32.2 Å². The van der Waals surface area contributed by atoms with E-state index in [1.54, 1.807) is 0 Å². The Morgan fingerprint density at radius 3 is 2.52 bits per heavy atom. The number of anilines is 1. The predicted molar refractivity (Wildman–Crippen MR) is 79.6 cm³/mol. The Morgan fingerprint density at radius 2 is 1.95 bits per heavy atom. The minimum atomic E-state index is -3.12. The van der Waals surface area contributed by atoms with Crippen LogP contribution in [0.3, 0.4) is 0 Å². The summed E-state index contributed by atoms with van der Waals surface area (Å²) in [6, 6.07) is 0.479. The number of hydrogen-bond donors (Lipinski definition) is 1. The summed E-state index contributed by atoms with van der Waals surface area (Å²) in [4.78, 5) is 1.92. The van der Waals surface area contributed by atoms with Crippen molar-refractivity contribution in [2.24, 2.45) is 0 Å². The molecular weight excluding hydrogens is 294 g/mol. The summed E-state index contributed by atoms with van der Waals surface area (Å²) >= 11 is 0. The van der Waals surface area contributed by atoms with Crippen molar-refractivity contribution < 1.29 is 12.8 Å². The molecule has 1 aliphatic rings. The van der Waals surface area contributed by atoms with Crippen LogP contribution < -0.4 is 10.2 Å². The van der Waals surface area contributed by atoms with Gasteiger partial charge in [-0.2, -0.15) is 4.31 Å². The molecule has 21 heavy (non-hydrogen) atoms. The molecular formula is C12H23N5O3S. The SMILES string of the molecule is CCCNC(C)c1nnc(N2CCN(S(C)(=O)=O)CC2)o1. The van der Waals surface area contributed by atoms with Gasteiger partial charge in [0.25, 0.3) is 0 Å². The van der Waals surface area contributed by atoms with Crippen LogP contribution >= 0.6 is 0 Å². The van der Waals surface area contributed by atoms with Crippen molar-refractivity contribution in [3.8, 4) is 0 Å². The molecule has 0 spiro atoms. The van der Waals surface area contributed by atoms with E-state index >= 15 is 0 Å². The zero-order valence-electron chi connectivity index (χ0n) is 12.7. The van der Waals surface area contributed by atoms with E-state index in [4.69, 9.17) is 4.42 Å². The Morgan fingerprint density at radius 1 is 1.29 bits per heavy atom. The number of aromatic nitrogens is 2. The summed E-state index contributed by atoms with van der Waals surface area (Å²) in [5.41, 5.74) is 0. The molecule has 120 valence electrons. The molecule has 1 aromatic heterocycles. The van der Waals surface area contributed by atoms with Gasteiger partial charge in [0.2, 0.25) is 15.9 Å². The molecule has 8 nitrogen and oxygen atoms in total. The molecule has 9 heteroatoms. The largest absolute Gasteiger partial charge is 0.406 e. The molecule has 0 aromatic carbocycles. The van der Waals surface area contributed by atoms with Gasteiger partial charge in [-0.3, -0.25) is 0 Å². The normalized spacial score (nSPS) is 18.9. The van der Waals surface area contributed by atoms with Crippen molar-refractivity contribution in [1.29, 1.82) is 0 Å². The van der Waals surface area contributed by atoms with E-state index in [9.17, 15) is 8.42 Å². The van der Waals surface area contributed by atoms with Gasteiger partial charge in [-0.05, 0) is 19.9 Å². The summed E-state index contributed by atoms with van der Waals surface area (Å²) in [5, 5.41) is 11.4. The molecule has 1 unspecified atom stereocenters. The maximum Gasteiger partial charge on any atom is 0.318 e. The average Bonchev–Trinajstić information content (AvgIpc) is 2.94. The lowest BCUT2D eigenvalue weighted by molar-refractivity contribution is 0.364. The van der Waals surface area contributed by atoms with Gasteiger partial charge in [-0.25, -0.2) is 8.42 Å². The standard InChI is InChI=1S/C12H23N5O3S/c1-4-5-13-10(2)11-14-15-12(20-11)16-6-8-17(9-7-16)21(3,18)19/h10,13H,4-9H2,1-3H3. The third kappa shape index (κ3) is 4.14. The minimum absolute atomic E-state index is 0.0171. The maximum atomic E-state index is 11.5. The Labute approximate surface area is 125 Å². The highest BCUT2D eigenvalue weighted by Gasteiger charge is 2.26. The molecule has 2 rings (SSSR count). The van der Waals surface area contributed by atoms with E-state index < -0.39 is 10.0 Å². The molecule has 0 aliphatic carbocycles. The predicted octanol–water partition coefficient (Wildman–Crippen LogP) is 0.212. The lowest BCUT2D eigenvalue weighted by Crippen LogP contribution is -2.48. The molecule has 0 amide bonds. The van der Waals surface area contributed by atoms with Crippen LogP contribution in [0.2, 0.25) is 0 Å². The molecule has 0 radical (unpaired) electrons. The van der Waals surface area contributed by atoms with E-state index in [1.165, 1.54) is 10.6 Å². The molecule has 1 fully saturated rings. The lowest BCUT2D eigenvalue weighted by atomic mass is 10.3. The lowest BCUT2D eigenvalue weighted by Gasteiger charge is -2.31. The maximum absolute atomic E-state index is 11.5. The smallest absolute Gasteiger partial charge is 0.318 e. The highest BCUT2D eigenvalue weighted by molar-refractivity contribution is 7.88. The van der Waals surface area contributed by atoms with Gasteiger partial charge in [0.1, 0.15) is 0 Å². The first-order valence-electron chi connectivity index (χ1n) is 7.18. The number of nitrogens with zero attached hydrogens (tertiary/aromatic N) is 4. The third-order valence-corrected chi connectivity index (χ3v) is 4.78. The molecule has 1 aromatic rings. The summed E-state index contributed by atoms with van der Waals surface area (Å²) in [6.07, 6.45) is 2.27. The van der Waals surface area contributed by atoms with Crippen LogP contribution in [-0.2, 0) is 10.0 Å². The number of rotatable bonds is 6. The van der Waals surface area contributed by atoms with Gasteiger partial charge in [0.05, 0.1) is 12.3 Å². The minimum Gasteiger partial charge on any atom is -0.406 e. The Kier molecular flexibility index (Phi) is 5.17. The fourth-order valence-electron chi connectivity index (χ4n) is 2.19. The highest BCUT2D eigenvalue weighted by atomic mass is 32.2. The van der Waals surface area contributed by atoms with Crippen LogP contribution in [0.4, 0.5) is 6.01 Å². The van der Waals surface area contributed by atoms with Gasteiger partial charge >= 0.3 is 6.01 Å². The molecule has 0 saturated carbocycles. The Bertz CT molecular complexity index is 551. The van der Waals surface area contributed by atoms with Gasteiger partial charge in [-0.1, -0.05) is 12.0 Å². The van der Waals surface area contributed by atoms with Gasteiger partial charge in [-0.15, -0.1) is 5.10 Å². The Balaban J connectivity index is 1.94. The number of nitrogens with one attached hydrogen (secondary N) is 1. The molecule has 1 atom stereocenters. The average molecular weight is 317 g/mol. The third-order valence-electron chi connectivity index (χ3n) is 3.48. The van der Waals surface area contributed by atoms with Gasteiger partial charge in [0, 0.05) is 26.2 Å². The quantitative estimate of drug-likeness (QED) is 0.802. The molecule has 1 N–H and O–H groups in total. The fourth-order valence-corrected chi connectivity index (χ4v) is 3.01. The fraction of sp³-hybridized carbons (Fsp3) is 0.833. The van der Waals surface area contributed by atoms with E-state index in [0.717, 1.165) is 13.0 Å². The van der Waals surface area contributed by atoms with E-state index in [1.807, 2.05) is 11.8 Å². The number of sulfonamides is 1. The molecule has 0 bridgehead atoms. The second kappa shape index (κ2) is 6.71. The van der Waals surface area contributed by atoms with Crippen molar-refractivity contribution >= 4 is 16.0 Å². The first-order chi connectivity index (χ1) is 9.91. The summed E-state index contributed by atoms with van der Waals surface area (Å²) in [6.45, 7) is 6.98. The van der Waals surface area contributed by atoms with Crippen molar-refractivity contribution in [2.45, 2.75) is 26.3 Å². The van der Waals surface area contributed by atoms with E-state index in [0.29, 0.717) is 38.1 Å². The number of piperazine rings is 1. The van der Waals surface area contributed by atoms with Crippen LogP contribution in [-0.4, -0.2) is 61.9 Å². The second-order valence-electron chi connectivity index (χ2n) is 5.25. The Hall–Kier alpha value is -1.19. The summed E-state index contributed by atoms with van der Waals surface area (Å²) in [7, 11) is -3.12. The van der Waals surface area contributed by atoms with Crippen LogP contribution in [0, 0.1) is 0 Å². The van der Waals surface area contributed by atoms with Crippen LogP contribution in [0.15, 0.2) is 4.42 Å². The van der Waals surface area contributed by atoms with Crippen LogP contribution in [0.5, 0.6) is 0 Å². The first kappa shape index (κ1) is 16.2. The molecule has 1 aliphatic heterocycles. The van der Waals surface area contributed by atoms with Crippen molar-refractivity contribution in [1.82, 2.24) is 19.8 Å². The zero-order valence-corrected chi connectivity index (χ0v) is 13.6. The van der Waals surface area contributed by atoms with Crippen molar-refractivity contribution in [3.63, 3.8) is 0 Å². The number of hydrogen-bond acceptors (Lipinski definition) is 7. The first-order valence-corrected chi connectivity index (χ1v) is 9.03. The topological polar surface area (TPSA) is 91.6 Å². The van der Waals surface area contributed by atoms with Crippen molar-refractivity contribution in [2.75, 3.05) is 43.9 Å². The van der Waals surface area contributed by atoms with Gasteiger partial charge in [0.15, 0.2) is 0 Å². The van der Waals surface area contributed by atoms with E-state index in [-0.39, 0.29) is 6.04 Å². The highest BCUT2D eigenvalue weighted by Crippen LogP contribution is 2.19. The van der Waals surface area contributed by atoms with E-state index in [2.05, 4.69) is 22.4 Å². The van der Waals surface area contributed by atoms with Gasteiger partial charge < -0.3 is 14.6 Å². The second-order valence-corrected chi connectivity index (χ2v) is 7.23. The monoisotopic (exact) mass is 317 g/mol. The zero-order chi connectivity index (χ0) is 15.5. The molecule has 1 saturated heterocycles. The molecule has 2 heterocycles. The van der Waals surface area contributed by atoms with Crippen molar-refractivity contribution in [3.05, 3.63) is 5.89 Å². The van der Waals surface area contributed by atoms with Crippen LogP contribution in [0.25, 0.3) is 0 Å².